The predicted octanol–water partition coefficient (Wildman–Crippen LogP) is 6.52. The van der Waals surface area contributed by atoms with Crippen LogP contribution in [0.5, 0.6) is 0 Å². The van der Waals surface area contributed by atoms with E-state index in [1.807, 2.05) is 0 Å². The monoisotopic (exact) mass is 300 g/mol. The Morgan fingerprint density at radius 2 is 1.00 bits per heavy atom. The number of fused-ring (bicyclic) bond motifs is 1. The molecule has 0 saturated carbocycles. The summed E-state index contributed by atoms with van der Waals surface area (Å²) in [5, 5.41) is 0. The summed E-state index contributed by atoms with van der Waals surface area (Å²) < 4.78 is 0. The first-order valence-corrected chi connectivity index (χ1v) is 9.28. The van der Waals surface area contributed by atoms with Crippen molar-refractivity contribution < 1.29 is 0 Å². The first kappa shape index (κ1) is 17.6. The van der Waals surface area contributed by atoms with E-state index in [2.05, 4.69) is 53.7 Å². The molecule has 0 heteroatoms. The molecule has 0 fully saturated rings. The summed E-state index contributed by atoms with van der Waals surface area (Å²) in [5.41, 5.74) is 7.25. The standard InChI is InChI=1S/C22H36/c1-21(2,3)15-19-13-17-11-9-7-8-10-12-18(17)14-20(19)16-22(4,5)6/h13-14H,7-12,15-16H2,1-6H3. The molecule has 1 aromatic rings. The first-order valence-electron chi connectivity index (χ1n) is 9.28. The van der Waals surface area contributed by atoms with Gasteiger partial charge in [0.15, 0.2) is 0 Å². The van der Waals surface area contributed by atoms with Crippen LogP contribution in [-0.2, 0) is 25.7 Å². The fourth-order valence-electron chi connectivity index (χ4n) is 3.71. The zero-order valence-electron chi connectivity index (χ0n) is 15.8. The maximum Gasteiger partial charge on any atom is -0.0227 e. The van der Waals surface area contributed by atoms with E-state index in [1.54, 1.807) is 22.3 Å². The molecule has 1 aliphatic carbocycles. The van der Waals surface area contributed by atoms with Gasteiger partial charge in [0.05, 0.1) is 0 Å². The smallest absolute Gasteiger partial charge is 0.0227 e. The van der Waals surface area contributed by atoms with Crippen LogP contribution in [0.1, 0.15) is 89.5 Å². The van der Waals surface area contributed by atoms with Crippen LogP contribution in [0.15, 0.2) is 12.1 Å². The molecular weight excluding hydrogens is 264 g/mol. The van der Waals surface area contributed by atoms with Crippen molar-refractivity contribution in [2.75, 3.05) is 0 Å². The molecule has 0 aromatic heterocycles. The van der Waals surface area contributed by atoms with E-state index in [-0.39, 0.29) is 0 Å². The Balaban J connectivity index is 2.41. The van der Waals surface area contributed by atoms with E-state index >= 15 is 0 Å². The lowest BCUT2D eigenvalue weighted by Gasteiger charge is -2.27. The van der Waals surface area contributed by atoms with Gasteiger partial charge in [-0.15, -0.1) is 0 Å². The molecule has 0 radical (unpaired) electrons. The van der Waals surface area contributed by atoms with Crippen molar-refractivity contribution in [1.82, 2.24) is 0 Å². The molecule has 2 rings (SSSR count). The van der Waals surface area contributed by atoms with Gasteiger partial charge in [-0.3, -0.25) is 0 Å². The molecule has 1 aliphatic rings. The van der Waals surface area contributed by atoms with Gasteiger partial charge in [0.2, 0.25) is 0 Å². The van der Waals surface area contributed by atoms with Gasteiger partial charge >= 0.3 is 0 Å². The molecule has 0 nitrogen and oxygen atoms in total. The van der Waals surface area contributed by atoms with Gasteiger partial charge in [-0.2, -0.15) is 0 Å². The summed E-state index contributed by atoms with van der Waals surface area (Å²) in [4.78, 5) is 0. The zero-order valence-corrected chi connectivity index (χ0v) is 15.8. The summed E-state index contributed by atoms with van der Waals surface area (Å²) >= 11 is 0. The number of hydrogen-bond donors (Lipinski definition) is 0. The Labute approximate surface area is 138 Å². The summed E-state index contributed by atoms with van der Waals surface area (Å²) in [7, 11) is 0. The highest BCUT2D eigenvalue weighted by atomic mass is 14.3. The third kappa shape index (κ3) is 5.45. The lowest BCUT2D eigenvalue weighted by Crippen LogP contribution is -2.16. The van der Waals surface area contributed by atoms with Gasteiger partial charge in [-0.25, -0.2) is 0 Å². The normalized spacial score (nSPS) is 16.8. The fraction of sp³-hybridized carbons (Fsp3) is 0.727. The molecule has 0 spiro atoms. The minimum atomic E-state index is 0.364. The third-order valence-electron chi connectivity index (χ3n) is 4.61. The Morgan fingerprint density at radius 3 is 1.32 bits per heavy atom. The molecule has 0 bridgehead atoms. The van der Waals surface area contributed by atoms with Crippen molar-refractivity contribution in [2.24, 2.45) is 10.8 Å². The van der Waals surface area contributed by atoms with Gasteiger partial charge in [-0.05, 0) is 71.6 Å². The lowest BCUT2D eigenvalue weighted by molar-refractivity contribution is 0.392. The second-order valence-electron chi connectivity index (χ2n) is 9.78. The molecular formula is C22H36. The topological polar surface area (TPSA) is 0 Å². The number of aryl methyl sites for hydroxylation is 2. The van der Waals surface area contributed by atoms with E-state index in [0.717, 1.165) is 0 Å². The van der Waals surface area contributed by atoms with Crippen molar-refractivity contribution in [2.45, 2.75) is 92.9 Å². The summed E-state index contributed by atoms with van der Waals surface area (Å²) in [5.74, 6) is 0. The van der Waals surface area contributed by atoms with E-state index in [9.17, 15) is 0 Å². The molecule has 1 aromatic carbocycles. The average molecular weight is 301 g/mol. The van der Waals surface area contributed by atoms with Crippen LogP contribution >= 0.6 is 0 Å². The van der Waals surface area contributed by atoms with Crippen LogP contribution in [0.25, 0.3) is 0 Å². The van der Waals surface area contributed by atoms with Gasteiger partial charge in [-0.1, -0.05) is 66.5 Å². The molecule has 0 heterocycles. The quantitative estimate of drug-likeness (QED) is 0.583. The van der Waals surface area contributed by atoms with E-state index in [4.69, 9.17) is 0 Å². The van der Waals surface area contributed by atoms with Crippen molar-refractivity contribution in [3.63, 3.8) is 0 Å². The predicted molar refractivity (Wildman–Crippen MR) is 98.6 cm³/mol. The molecule has 0 aliphatic heterocycles. The second-order valence-corrected chi connectivity index (χ2v) is 9.78. The highest BCUT2D eigenvalue weighted by Crippen LogP contribution is 2.32. The maximum absolute atomic E-state index is 2.58. The van der Waals surface area contributed by atoms with Crippen LogP contribution in [0.3, 0.4) is 0 Å². The Morgan fingerprint density at radius 1 is 0.636 bits per heavy atom. The van der Waals surface area contributed by atoms with E-state index in [0.29, 0.717) is 10.8 Å². The summed E-state index contributed by atoms with van der Waals surface area (Å²) in [6.07, 6.45) is 10.6. The second kappa shape index (κ2) is 6.77. The average Bonchev–Trinajstić information content (AvgIpc) is 2.30. The maximum atomic E-state index is 2.58. The SMILES string of the molecule is CC(C)(C)Cc1cc2c(cc1CC(C)(C)C)CCCCCC2. The minimum absolute atomic E-state index is 0.364. The largest absolute Gasteiger partial charge is 0.0599 e. The lowest BCUT2D eigenvalue weighted by atomic mass is 9.78. The molecule has 0 saturated heterocycles. The van der Waals surface area contributed by atoms with Crippen LogP contribution in [0, 0.1) is 10.8 Å². The molecule has 0 amide bonds. The number of rotatable bonds is 2. The molecule has 0 unspecified atom stereocenters. The van der Waals surface area contributed by atoms with Crippen LogP contribution in [0.4, 0.5) is 0 Å². The van der Waals surface area contributed by atoms with Crippen LogP contribution < -0.4 is 0 Å². The summed E-state index contributed by atoms with van der Waals surface area (Å²) in [6, 6.07) is 5.15. The highest BCUT2D eigenvalue weighted by molar-refractivity contribution is 5.40. The number of hydrogen-bond acceptors (Lipinski definition) is 0. The molecule has 0 atom stereocenters. The Bertz CT molecular complexity index is 447. The van der Waals surface area contributed by atoms with Gasteiger partial charge < -0.3 is 0 Å². The highest BCUT2D eigenvalue weighted by Gasteiger charge is 2.20. The minimum Gasteiger partial charge on any atom is -0.0599 e. The van der Waals surface area contributed by atoms with Crippen LogP contribution in [-0.4, -0.2) is 0 Å². The zero-order chi connectivity index (χ0) is 16.4. The molecule has 22 heavy (non-hydrogen) atoms. The Hall–Kier alpha value is -0.780. The number of benzene rings is 1. The van der Waals surface area contributed by atoms with Gasteiger partial charge in [0.25, 0.3) is 0 Å². The van der Waals surface area contributed by atoms with Crippen molar-refractivity contribution in [1.29, 1.82) is 0 Å². The van der Waals surface area contributed by atoms with Gasteiger partial charge in [0, 0.05) is 0 Å². The van der Waals surface area contributed by atoms with Crippen molar-refractivity contribution in [3.05, 3.63) is 34.4 Å². The Kier molecular flexibility index (Phi) is 5.41. The van der Waals surface area contributed by atoms with E-state index in [1.165, 1.54) is 51.4 Å². The van der Waals surface area contributed by atoms with Crippen molar-refractivity contribution in [3.8, 4) is 0 Å². The molecule has 124 valence electrons. The third-order valence-corrected chi connectivity index (χ3v) is 4.61. The van der Waals surface area contributed by atoms with Crippen LogP contribution in [0.2, 0.25) is 0 Å². The van der Waals surface area contributed by atoms with Crippen molar-refractivity contribution >= 4 is 0 Å². The first-order chi connectivity index (χ1) is 10.1. The van der Waals surface area contributed by atoms with E-state index < -0.39 is 0 Å². The fourth-order valence-corrected chi connectivity index (χ4v) is 3.71. The molecule has 0 N–H and O–H groups in total. The summed E-state index contributed by atoms with van der Waals surface area (Å²) in [6.45, 7) is 14.2. The van der Waals surface area contributed by atoms with Gasteiger partial charge in [0.1, 0.15) is 0 Å².